The molecule has 1 aliphatic heterocycles. The second-order valence-electron chi connectivity index (χ2n) is 12.1. The van der Waals surface area contributed by atoms with E-state index in [0.717, 1.165) is 52.1 Å². The Kier molecular flexibility index (Phi) is 11.2. The first-order valence-electron chi connectivity index (χ1n) is 16.4. The lowest BCUT2D eigenvalue weighted by molar-refractivity contribution is -0.137. The maximum atomic E-state index is 14.5. The van der Waals surface area contributed by atoms with Gasteiger partial charge in [0.25, 0.3) is 0 Å². The Morgan fingerprint density at radius 2 is 1.38 bits per heavy atom. The lowest BCUT2D eigenvalue weighted by Crippen LogP contribution is -2.51. The maximum absolute atomic E-state index is 14.5. The van der Waals surface area contributed by atoms with Crippen molar-refractivity contribution in [3.05, 3.63) is 166 Å². The average Bonchev–Trinajstić information content (AvgIpc) is 3.14. The van der Waals surface area contributed by atoms with Crippen LogP contribution in [0.3, 0.4) is 0 Å². The first kappa shape index (κ1) is 33.1. The topological polar surface area (TPSA) is 65.5 Å². The zero-order valence-electron chi connectivity index (χ0n) is 26.8. The van der Waals surface area contributed by atoms with Gasteiger partial charge in [0, 0.05) is 61.1 Å². The van der Waals surface area contributed by atoms with Crippen LogP contribution >= 0.6 is 15.9 Å². The number of pyridine rings is 1. The summed E-state index contributed by atoms with van der Waals surface area (Å²) in [5.41, 5.74) is 6.48. The summed E-state index contributed by atoms with van der Waals surface area (Å²) in [4.78, 5) is 37.4. The van der Waals surface area contributed by atoms with E-state index in [0.29, 0.717) is 31.6 Å². The van der Waals surface area contributed by atoms with Crippen LogP contribution in [0.5, 0.6) is 0 Å². The minimum absolute atomic E-state index is 0.0172. The lowest BCUT2D eigenvalue weighted by Gasteiger charge is -2.37. The Bertz CT molecular complexity index is 1800. The fourth-order valence-electron chi connectivity index (χ4n) is 6.04. The molecule has 1 atom stereocenters. The molecule has 1 fully saturated rings. The van der Waals surface area contributed by atoms with Crippen molar-refractivity contribution in [1.29, 1.82) is 0 Å². The van der Waals surface area contributed by atoms with E-state index >= 15 is 0 Å². The van der Waals surface area contributed by atoms with E-state index in [1.807, 2.05) is 114 Å². The van der Waals surface area contributed by atoms with Crippen molar-refractivity contribution < 1.29 is 9.59 Å². The van der Waals surface area contributed by atoms with E-state index in [-0.39, 0.29) is 11.8 Å². The second kappa shape index (κ2) is 16.3. The van der Waals surface area contributed by atoms with E-state index in [2.05, 4.69) is 55.4 Å². The van der Waals surface area contributed by atoms with Crippen molar-refractivity contribution in [1.82, 2.24) is 20.1 Å². The molecule has 1 N–H and O–H groups in total. The molecule has 0 radical (unpaired) electrons. The minimum atomic E-state index is -0.650. The highest BCUT2D eigenvalue weighted by atomic mass is 79.9. The highest BCUT2D eigenvalue weighted by Crippen LogP contribution is 2.26. The van der Waals surface area contributed by atoms with E-state index in [1.165, 1.54) is 5.56 Å². The molecule has 1 aromatic heterocycles. The molecule has 48 heavy (non-hydrogen) atoms. The monoisotopic (exact) mass is 698 g/mol. The van der Waals surface area contributed by atoms with Crippen LogP contribution in [0.1, 0.15) is 22.3 Å². The van der Waals surface area contributed by atoms with Crippen molar-refractivity contribution in [2.45, 2.75) is 19.5 Å². The van der Waals surface area contributed by atoms with Gasteiger partial charge in [0.15, 0.2) is 0 Å². The summed E-state index contributed by atoms with van der Waals surface area (Å²) in [6.07, 6.45) is 4.09. The van der Waals surface area contributed by atoms with Crippen LogP contribution in [-0.4, -0.2) is 52.8 Å². The molecule has 7 heteroatoms. The minimum Gasteiger partial charge on any atom is -0.348 e. The lowest BCUT2D eigenvalue weighted by atomic mass is 9.88. The summed E-state index contributed by atoms with van der Waals surface area (Å²) in [5, 5.41) is 3.14. The molecule has 5 aromatic rings. The predicted molar refractivity (Wildman–Crippen MR) is 196 cm³/mol. The number of halogens is 1. The molecule has 0 aliphatic carbocycles. The van der Waals surface area contributed by atoms with Gasteiger partial charge in [-0.25, -0.2) is 0 Å². The fraction of sp³-hybridized carbons (Fsp3) is 0.195. The third kappa shape index (κ3) is 8.94. The van der Waals surface area contributed by atoms with Crippen molar-refractivity contribution in [2.75, 3.05) is 26.2 Å². The number of carbonyl (C=O) groups is 2. The molecule has 0 saturated carbocycles. The van der Waals surface area contributed by atoms with Gasteiger partial charge in [0.05, 0.1) is 11.6 Å². The molecule has 242 valence electrons. The predicted octanol–water partition coefficient (Wildman–Crippen LogP) is 7.41. The number of piperazine rings is 1. The Labute approximate surface area is 291 Å². The fourth-order valence-corrected chi connectivity index (χ4v) is 6.31. The maximum Gasteiger partial charge on any atom is 0.248 e. The number of carbonyl (C=O) groups excluding carboxylic acids is 2. The Morgan fingerprint density at radius 3 is 2.02 bits per heavy atom. The number of hydrogen-bond acceptors (Lipinski definition) is 4. The van der Waals surface area contributed by atoms with Crippen LogP contribution in [0.25, 0.3) is 17.3 Å². The normalized spacial score (nSPS) is 14.4. The van der Waals surface area contributed by atoms with Gasteiger partial charge >= 0.3 is 0 Å². The van der Waals surface area contributed by atoms with Gasteiger partial charge in [0.1, 0.15) is 0 Å². The van der Waals surface area contributed by atoms with Crippen LogP contribution < -0.4 is 5.32 Å². The van der Waals surface area contributed by atoms with Crippen molar-refractivity contribution in [2.24, 2.45) is 5.92 Å². The number of nitrogens with zero attached hydrogens (tertiary/aromatic N) is 3. The standard InChI is InChI=1S/C41H39BrN4O2/c42-36-20-16-32(17-21-36)27-37(40(47)44-29-33-14-18-35(19-15-33)39-13-7-8-22-43-39)38(28-31-9-3-1-4-10-31)41(48)46-25-23-45(24-26-46)30-34-11-5-2-6-12-34/h1-22,27,38H,23-26,28-30H2,(H,44,47)/t38-/m0/s1. The molecule has 4 aromatic carbocycles. The van der Waals surface area contributed by atoms with Crippen molar-refractivity contribution in [3.63, 3.8) is 0 Å². The Morgan fingerprint density at radius 1 is 0.729 bits per heavy atom. The molecular formula is C41H39BrN4O2. The van der Waals surface area contributed by atoms with Gasteiger partial charge in [-0.15, -0.1) is 0 Å². The van der Waals surface area contributed by atoms with Crippen LogP contribution in [0, 0.1) is 5.92 Å². The Balaban J connectivity index is 1.23. The highest BCUT2D eigenvalue weighted by Gasteiger charge is 2.33. The van der Waals surface area contributed by atoms with Crippen LogP contribution in [-0.2, 0) is 29.1 Å². The smallest absolute Gasteiger partial charge is 0.248 e. The Hall–Kier alpha value is -4.85. The van der Waals surface area contributed by atoms with Gasteiger partial charge in [0.2, 0.25) is 11.8 Å². The van der Waals surface area contributed by atoms with Gasteiger partial charge in [-0.2, -0.15) is 0 Å². The molecule has 0 bridgehead atoms. The molecular weight excluding hydrogens is 660 g/mol. The summed E-state index contributed by atoms with van der Waals surface area (Å²) < 4.78 is 0.949. The van der Waals surface area contributed by atoms with Gasteiger partial charge in [-0.05, 0) is 59.0 Å². The molecule has 0 spiro atoms. The number of amides is 2. The number of nitrogens with one attached hydrogen (secondary N) is 1. The van der Waals surface area contributed by atoms with Gasteiger partial charge in [-0.3, -0.25) is 19.5 Å². The zero-order valence-corrected chi connectivity index (χ0v) is 28.4. The van der Waals surface area contributed by atoms with Crippen molar-refractivity contribution in [3.8, 4) is 11.3 Å². The van der Waals surface area contributed by atoms with E-state index in [1.54, 1.807) is 6.20 Å². The molecule has 1 saturated heterocycles. The van der Waals surface area contributed by atoms with E-state index in [9.17, 15) is 9.59 Å². The number of hydrogen-bond donors (Lipinski definition) is 1. The molecule has 1 aliphatic rings. The number of rotatable bonds is 11. The van der Waals surface area contributed by atoms with Crippen LogP contribution in [0.15, 0.2) is 144 Å². The summed E-state index contributed by atoms with van der Waals surface area (Å²) in [5.74, 6) is -0.914. The highest BCUT2D eigenvalue weighted by molar-refractivity contribution is 9.10. The molecule has 6 rings (SSSR count). The SMILES string of the molecule is O=C(NCc1ccc(-c2ccccn2)cc1)C(=Cc1ccc(Br)cc1)[C@H](Cc1ccccc1)C(=O)N1CCN(Cc2ccccc2)CC1. The van der Waals surface area contributed by atoms with Crippen LogP contribution in [0.4, 0.5) is 0 Å². The van der Waals surface area contributed by atoms with Gasteiger partial charge in [-0.1, -0.05) is 119 Å². The first-order valence-corrected chi connectivity index (χ1v) is 17.2. The molecule has 0 unspecified atom stereocenters. The largest absolute Gasteiger partial charge is 0.348 e. The first-order chi connectivity index (χ1) is 23.5. The summed E-state index contributed by atoms with van der Waals surface area (Å²) in [6, 6.07) is 42.1. The molecule has 2 amide bonds. The van der Waals surface area contributed by atoms with Crippen molar-refractivity contribution >= 4 is 33.8 Å². The summed E-state index contributed by atoms with van der Waals surface area (Å²) in [7, 11) is 0. The second-order valence-corrected chi connectivity index (χ2v) is 13.0. The summed E-state index contributed by atoms with van der Waals surface area (Å²) >= 11 is 3.52. The third-order valence-electron chi connectivity index (χ3n) is 8.71. The number of aromatic nitrogens is 1. The molecule has 2 heterocycles. The van der Waals surface area contributed by atoms with Crippen LogP contribution in [0.2, 0.25) is 0 Å². The van der Waals surface area contributed by atoms with Gasteiger partial charge < -0.3 is 10.2 Å². The average molecular weight is 700 g/mol. The number of benzene rings is 4. The van der Waals surface area contributed by atoms with E-state index in [4.69, 9.17) is 0 Å². The van der Waals surface area contributed by atoms with E-state index < -0.39 is 5.92 Å². The molecule has 6 nitrogen and oxygen atoms in total. The summed E-state index contributed by atoms with van der Waals surface area (Å²) in [6.45, 7) is 4.00. The quantitative estimate of drug-likeness (QED) is 0.146. The third-order valence-corrected chi connectivity index (χ3v) is 9.24. The zero-order chi connectivity index (χ0) is 33.1.